The van der Waals surface area contributed by atoms with Crippen LogP contribution in [0.3, 0.4) is 0 Å². The molecule has 0 aliphatic heterocycles. The lowest BCUT2D eigenvalue weighted by atomic mass is 9.88. The summed E-state index contributed by atoms with van der Waals surface area (Å²) in [4.78, 5) is 0. The number of nitrogens with two attached hydrogens (primary N) is 2. The zero-order valence-corrected chi connectivity index (χ0v) is 10.7. The minimum Gasteiger partial charge on any atom is -0.398 e. The predicted molar refractivity (Wildman–Crippen MR) is 77.6 cm³/mol. The second-order valence-corrected chi connectivity index (χ2v) is 4.75. The van der Waals surface area contributed by atoms with Gasteiger partial charge in [-0.3, -0.25) is 0 Å². The van der Waals surface area contributed by atoms with Crippen molar-refractivity contribution < 1.29 is 0 Å². The Kier molecular flexibility index (Phi) is 4.00. The topological polar surface area (TPSA) is 52.0 Å². The maximum Gasteiger partial charge on any atom is 0.0469 e. The van der Waals surface area contributed by atoms with Gasteiger partial charge in [0.05, 0.1) is 0 Å². The first-order chi connectivity index (χ1) is 8.68. The molecular weight excluding hydrogens is 220 g/mol. The lowest BCUT2D eigenvalue weighted by molar-refractivity contribution is 0.641. The highest BCUT2D eigenvalue weighted by Crippen LogP contribution is 2.23. The molecule has 2 rings (SSSR count). The molecule has 1 aliphatic rings. The van der Waals surface area contributed by atoms with Crippen molar-refractivity contribution in [3.05, 3.63) is 65.8 Å². The van der Waals surface area contributed by atoms with Gasteiger partial charge in [0.15, 0.2) is 0 Å². The Balaban J connectivity index is 2.18. The van der Waals surface area contributed by atoms with Gasteiger partial charge in [-0.05, 0) is 29.6 Å². The Labute approximate surface area is 109 Å². The largest absolute Gasteiger partial charge is 0.398 e. The van der Waals surface area contributed by atoms with Gasteiger partial charge in [0.2, 0.25) is 0 Å². The highest BCUT2D eigenvalue weighted by molar-refractivity contribution is 5.63. The quantitative estimate of drug-likeness (QED) is 0.853. The summed E-state index contributed by atoms with van der Waals surface area (Å²) < 4.78 is 0. The van der Waals surface area contributed by atoms with Crippen molar-refractivity contribution in [3.63, 3.8) is 0 Å². The molecule has 4 N–H and O–H groups in total. The van der Waals surface area contributed by atoms with Crippen molar-refractivity contribution in [3.8, 4) is 0 Å². The SMILES string of the molecule is CC1CC=CC=C1C(N)/C=C(\N)c1ccccc1. The van der Waals surface area contributed by atoms with Crippen LogP contribution in [0.25, 0.3) is 5.70 Å². The second kappa shape index (κ2) is 5.69. The van der Waals surface area contributed by atoms with Crippen molar-refractivity contribution >= 4 is 5.70 Å². The number of rotatable bonds is 3. The molecule has 1 aromatic carbocycles. The molecule has 0 aromatic heterocycles. The molecule has 18 heavy (non-hydrogen) atoms. The van der Waals surface area contributed by atoms with Crippen LogP contribution >= 0.6 is 0 Å². The summed E-state index contributed by atoms with van der Waals surface area (Å²) >= 11 is 0. The fraction of sp³-hybridized carbons (Fsp3) is 0.250. The smallest absolute Gasteiger partial charge is 0.0469 e. The number of benzene rings is 1. The van der Waals surface area contributed by atoms with E-state index < -0.39 is 0 Å². The number of hydrogen-bond donors (Lipinski definition) is 2. The van der Waals surface area contributed by atoms with Crippen molar-refractivity contribution in [2.24, 2.45) is 17.4 Å². The molecule has 2 nitrogen and oxygen atoms in total. The third kappa shape index (κ3) is 2.90. The van der Waals surface area contributed by atoms with E-state index in [0.717, 1.165) is 17.7 Å². The molecule has 0 amide bonds. The van der Waals surface area contributed by atoms with Crippen LogP contribution in [0, 0.1) is 5.92 Å². The summed E-state index contributed by atoms with van der Waals surface area (Å²) in [5.41, 5.74) is 15.3. The van der Waals surface area contributed by atoms with Gasteiger partial charge in [0.1, 0.15) is 0 Å². The number of allylic oxidation sites excluding steroid dienone is 3. The van der Waals surface area contributed by atoms with E-state index in [1.807, 2.05) is 36.4 Å². The zero-order chi connectivity index (χ0) is 13.0. The van der Waals surface area contributed by atoms with Crippen LogP contribution in [-0.4, -0.2) is 6.04 Å². The highest BCUT2D eigenvalue weighted by Gasteiger charge is 2.15. The molecular formula is C16H20N2. The summed E-state index contributed by atoms with van der Waals surface area (Å²) in [6, 6.07) is 9.83. The highest BCUT2D eigenvalue weighted by atomic mass is 14.7. The summed E-state index contributed by atoms with van der Waals surface area (Å²) in [5.74, 6) is 0.491. The third-order valence-corrected chi connectivity index (χ3v) is 3.33. The first kappa shape index (κ1) is 12.7. The summed E-state index contributed by atoms with van der Waals surface area (Å²) in [6.45, 7) is 2.20. The van der Waals surface area contributed by atoms with Gasteiger partial charge in [-0.25, -0.2) is 0 Å². The van der Waals surface area contributed by atoms with Crippen LogP contribution in [0.15, 0.2) is 60.2 Å². The molecule has 0 saturated heterocycles. The third-order valence-electron chi connectivity index (χ3n) is 3.33. The van der Waals surface area contributed by atoms with E-state index in [-0.39, 0.29) is 6.04 Å². The lowest BCUT2D eigenvalue weighted by Crippen LogP contribution is -2.25. The van der Waals surface area contributed by atoms with Crippen LogP contribution in [0.1, 0.15) is 18.9 Å². The lowest BCUT2D eigenvalue weighted by Gasteiger charge is -2.21. The molecule has 0 heterocycles. The van der Waals surface area contributed by atoms with Crippen LogP contribution in [0.2, 0.25) is 0 Å². The minimum atomic E-state index is -0.106. The van der Waals surface area contributed by atoms with E-state index in [9.17, 15) is 0 Å². The Morgan fingerprint density at radius 2 is 2.06 bits per heavy atom. The normalized spacial score (nSPS) is 21.6. The van der Waals surface area contributed by atoms with Crippen LogP contribution < -0.4 is 11.5 Å². The predicted octanol–water partition coefficient (Wildman–Crippen LogP) is 2.84. The minimum absolute atomic E-state index is 0.106. The molecule has 0 radical (unpaired) electrons. The fourth-order valence-corrected chi connectivity index (χ4v) is 2.22. The van der Waals surface area contributed by atoms with Gasteiger partial charge in [0.25, 0.3) is 0 Å². The van der Waals surface area contributed by atoms with Crippen LogP contribution in [0.4, 0.5) is 0 Å². The number of hydrogen-bond acceptors (Lipinski definition) is 2. The maximum atomic E-state index is 6.22. The van der Waals surface area contributed by atoms with Crippen molar-refractivity contribution in [2.75, 3.05) is 0 Å². The molecule has 94 valence electrons. The molecule has 2 unspecified atom stereocenters. The zero-order valence-electron chi connectivity index (χ0n) is 10.7. The standard InChI is InChI=1S/C16H20N2/c1-12-7-5-6-10-14(12)16(18)11-15(17)13-8-3-2-4-9-13/h2-6,8-12,16H,7,17-18H2,1H3/b15-11-. The van der Waals surface area contributed by atoms with Gasteiger partial charge in [-0.15, -0.1) is 0 Å². The van der Waals surface area contributed by atoms with Gasteiger partial charge >= 0.3 is 0 Å². The van der Waals surface area contributed by atoms with Crippen molar-refractivity contribution in [1.29, 1.82) is 0 Å². The van der Waals surface area contributed by atoms with Crippen LogP contribution in [0.5, 0.6) is 0 Å². The Morgan fingerprint density at radius 1 is 1.33 bits per heavy atom. The van der Waals surface area contributed by atoms with Gasteiger partial charge in [-0.1, -0.05) is 55.5 Å². The first-order valence-corrected chi connectivity index (χ1v) is 6.33. The Bertz CT molecular complexity index is 483. The van der Waals surface area contributed by atoms with Crippen LogP contribution in [-0.2, 0) is 0 Å². The Morgan fingerprint density at radius 3 is 2.72 bits per heavy atom. The molecule has 1 aliphatic carbocycles. The molecule has 0 spiro atoms. The first-order valence-electron chi connectivity index (χ1n) is 6.33. The molecule has 2 atom stereocenters. The van der Waals surface area contributed by atoms with Crippen molar-refractivity contribution in [1.82, 2.24) is 0 Å². The molecule has 1 aromatic rings. The summed E-state index contributed by atoms with van der Waals surface area (Å²) in [6.07, 6.45) is 9.34. The van der Waals surface area contributed by atoms with E-state index in [4.69, 9.17) is 11.5 Å². The van der Waals surface area contributed by atoms with Gasteiger partial charge in [-0.2, -0.15) is 0 Å². The summed E-state index contributed by atoms with van der Waals surface area (Å²) in [7, 11) is 0. The average Bonchev–Trinajstić information content (AvgIpc) is 2.40. The average molecular weight is 240 g/mol. The second-order valence-electron chi connectivity index (χ2n) is 4.75. The Hall–Kier alpha value is -1.80. The van der Waals surface area contributed by atoms with E-state index in [0.29, 0.717) is 5.92 Å². The fourth-order valence-electron chi connectivity index (χ4n) is 2.22. The van der Waals surface area contributed by atoms with E-state index in [1.54, 1.807) is 0 Å². The van der Waals surface area contributed by atoms with Gasteiger partial charge in [0, 0.05) is 11.7 Å². The van der Waals surface area contributed by atoms with Gasteiger partial charge < -0.3 is 11.5 Å². The molecule has 0 bridgehead atoms. The van der Waals surface area contributed by atoms with E-state index in [1.165, 1.54) is 5.57 Å². The molecule has 0 saturated carbocycles. The molecule has 0 fully saturated rings. The van der Waals surface area contributed by atoms with Crippen molar-refractivity contribution in [2.45, 2.75) is 19.4 Å². The van der Waals surface area contributed by atoms with E-state index >= 15 is 0 Å². The molecule has 2 heteroatoms. The monoisotopic (exact) mass is 240 g/mol. The maximum absolute atomic E-state index is 6.22. The summed E-state index contributed by atoms with van der Waals surface area (Å²) in [5, 5.41) is 0. The van der Waals surface area contributed by atoms with E-state index in [2.05, 4.69) is 25.2 Å².